The Morgan fingerprint density at radius 3 is 3.00 bits per heavy atom. The molecule has 0 bridgehead atoms. The Balaban J connectivity index is 2.08. The zero-order chi connectivity index (χ0) is 7.84. The van der Waals surface area contributed by atoms with Crippen LogP contribution in [0.25, 0.3) is 0 Å². The number of rotatable bonds is 1. The zero-order valence-corrected chi connectivity index (χ0v) is 6.32. The third kappa shape index (κ3) is 1.03. The standard InChI is InChI=1S/C8H12O3/c9-8(10)7-6-3-1-2-5(6)4-11-7/h5-7H,1-4H2,(H,9,10)/t5-,6-,7+/m0/s1. The summed E-state index contributed by atoms with van der Waals surface area (Å²) in [5, 5.41) is 8.74. The van der Waals surface area contributed by atoms with Crippen LogP contribution in [0.4, 0.5) is 0 Å². The average molecular weight is 156 g/mol. The van der Waals surface area contributed by atoms with Crippen molar-refractivity contribution in [2.75, 3.05) is 6.61 Å². The molecule has 11 heavy (non-hydrogen) atoms. The van der Waals surface area contributed by atoms with E-state index in [9.17, 15) is 4.79 Å². The molecule has 0 spiro atoms. The second-order valence-electron chi connectivity index (χ2n) is 3.45. The number of fused-ring (bicyclic) bond motifs is 1. The number of hydrogen-bond donors (Lipinski definition) is 1. The summed E-state index contributed by atoms with van der Waals surface area (Å²) in [4.78, 5) is 10.6. The van der Waals surface area contributed by atoms with E-state index < -0.39 is 12.1 Å². The first-order valence-electron chi connectivity index (χ1n) is 4.13. The highest BCUT2D eigenvalue weighted by molar-refractivity contribution is 5.73. The van der Waals surface area contributed by atoms with E-state index in [4.69, 9.17) is 9.84 Å². The Labute approximate surface area is 65.4 Å². The Morgan fingerprint density at radius 1 is 1.45 bits per heavy atom. The normalized spacial score (nSPS) is 42.4. The molecule has 0 aromatic carbocycles. The van der Waals surface area contributed by atoms with Gasteiger partial charge in [0.2, 0.25) is 0 Å². The number of carboxylic acids is 1. The fourth-order valence-electron chi connectivity index (χ4n) is 2.28. The van der Waals surface area contributed by atoms with Crippen LogP contribution in [-0.2, 0) is 9.53 Å². The molecule has 2 rings (SSSR count). The molecule has 62 valence electrons. The van der Waals surface area contributed by atoms with Crippen LogP contribution in [0.15, 0.2) is 0 Å². The molecule has 1 aliphatic carbocycles. The number of carboxylic acid groups (broad SMARTS) is 1. The lowest BCUT2D eigenvalue weighted by Crippen LogP contribution is -2.26. The Bertz CT molecular complexity index is 178. The third-order valence-electron chi connectivity index (χ3n) is 2.84. The van der Waals surface area contributed by atoms with Gasteiger partial charge in [0.05, 0.1) is 6.61 Å². The molecule has 3 nitrogen and oxygen atoms in total. The van der Waals surface area contributed by atoms with Gasteiger partial charge in [-0.1, -0.05) is 6.42 Å². The van der Waals surface area contributed by atoms with E-state index >= 15 is 0 Å². The molecule has 0 aromatic heterocycles. The van der Waals surface area contributed by atoms with Crippen LogP contribution in [0, 0.1) is 11.8 Å². The Hall–Kier alpha value is -0.570. The van der Waals surface area contributed by atoms with Gasteiger partial charge in [-0.15, -0.1) is 0 Å². The summed E-state index contributed by atoms with van der Waals surface area (Å²) in [5.74, 6) is 0.0722. The van der Waals surface area contributed by atoms with Crippen molar-refractivity contribution in [1.29, 1.82) is 0 Å². The summed E-state index contributed by atoms with van der Waals surface area (Å²) in [6, 6.07) is 0. The Kier molecular flexibility index (Phi) is 1.60. The monoisotopic (exact) mass is 156 g/mol. The molecule has 1 N–H and O–H groups in total. The third-order valence-corrected chi connectivity index (χ3v) is 2.84. The van der Waals surface area contributed by atoms with E-state index in [0.29, 0.717) is 18.4 Å². The first kappa shape index (κ1) is 7.10. The van der Waals surface area contributed by atoms with E-state index in [0.717, 1.165) is 12.8 Å². The lowest BCUT2D eigenvalue weighted by molar-refractivity contribution is -0.149. The molecule has 0 unspecified atom stereocenters. The van der Waals surface area contributed by atoms with Crippen molar-refractivity contribution in [3.05, 3.63) is 0 Å². The maximum absolute atomic E-state index is 10.6. The van der Waals surface area contributed by atoms with Gasteiger partial charge in [0.15, 0.2) is 6.10 Å². The summed E-state index contributed by atoms with van der Waals surface area (Å²) in [6.07, 6.45) is 2.89. The van der Waals surface area contributed by atoms with Crippen molar-refractivity contribution < 1.29 is 14.6 Å². The first-order chi connectivity index (χ1) is 5.29. The molecule has 3 heteroatoms. The summed E-state index contributed by atoms with van der Waals surface area (Å²) in [6.45, 7) is 0.668. The molecule has 2 aliphatic rings. The average Bonchev–Trinajstić information content (AvgIpc) is 2.41. The van der Waals surface area contributed by atoms with Gasteiger partial charge in [0, 0.05) is 5.92 Å². The highest BCUT2D eigenvalue weighted by Crippen LogP contribution is 2.40. The zero-order valence-electron chi connectivity index (χ0n) is 6.32. The highest BCUT2D eigenvalue weighted by Gasteiger charge is 2.43. The molecular weight excluding hydrogens is 144 g/mol. The minimum atomic E-state index is -0.778. The van der Waals surface area contributed by atoms with Crippen LogP contribution in [0.1, 0.15) is 19.3 Å². The van der Waals surface area contributed by atoms with Crippen molar-refractivity contribution in [2.45, 2.75) is 25.4 Å². The predicted molar refractivity (Wildman–Crippen MR) is 38.2 cm³/mol. The van der Waals surface area contributed by atoms with Gasteiger partial charge in [-0.2, -0.15) is 0 Å². The summed E-state index contributed by atoms with van der Waals surface area (Å²) < 4.78 is 5.18. The van der Waals surface area contributed by atoms with Crippen LogP contribution in [-0.4, -0.2) is 23.8 Å². The van der Waals surface area contributed by atoms with Gasteiger partial charge in [0.25, 0.3) is 0 Å². The number of ether oxygens (including phenoxy) is 1. The van der Waals surface area contributed by atoms with Gasteiger partial charge >= 0.3 is 5.97 Å². The molecule has 0 aromatic rings. The van der Waals surface area contributed by atoms with Gasteiger partial charge in [0.1, 0.15) is 0 Å². The molecule has 1 saturated carbocycles. The van der Waals surface area contributed by atoms with Crippen LogP contribution in [0.3, 0.4) is 0 Å². The van der Waals surface area contributed by atoms with Crippen LogP contribution >= 0.6 is 0 Å². The van der Waals surface area contributed by atoms with E-state index in [2.05, 4.69) is 0 Å². The van der Waals surface area contributed by atoms with E-state index in [1.54, 1.807) is 0 Å². The smallest absolute Gasteiger partial charge is 0.333 e. The molecule has 0 amide bonds. The van der Waals surface area contributed by atoms with Crippen molar-refractivity contribution in [3.8, 4) is 0 Å². The largest absolute Gasteiger partial charge is 0.479 e. The molecular formula is C8H12O3. The SMILES string of the molecule is O=C(O)[C@@H]1OC[C@@H]2CCC[C@@H]21. The van der Waals surface area contributed by atoms with Gasteiger partial charge in [-0.05, 0) is 18.8 Å². The molecule has 1 aliphatic heterocycles. The van der Waals surface area contributed by atoms with Gasteiger partial charge < -0.3 is 9.84 Å². The maximum Gasteiger partial charge on any atom is 0.333 e. The topological polar surface area (TPSA) is 46.5 Å². The van der Waals surface area contributed by atoms with E-state index in [1.807, 2.05) is 0 Å². The predicted octanol–water partition coefficient (Wildman–Crippen LogP) is 0.886. The lowest BCUT2D eigenvalue weighted by atomic mass is 9.95. The van der Waals surface area contributed by atoms with Crippen molar-refractivity contribution >= 4 is 5.97 Å². The van der Waals surface area contributed by atoms with Crippen LogP contribution < -0.4 is 0 Å². The molecule has 2 fully saturated rings. The van der Waals surface area contributed by atoms with E-state index in [1.165, 1.54) is 6.42 Å². The molecule has 3 atom stereocenters. The van der Waals surface area contributed by atoms with Crippen molar-refractivity contribution in [2.24, 2.45) is 11.8 Å². The number of aliphatic carboxylic acids is 1. The summed E-state index contributed by atoms with van der Waals surface area (Å²) in [7, 11) is 0. The summed E-state index contributed by atoms with van der Waals surface area (Å²) in [5.41, 5.74) is 0. The fourth-order valence-corrected chi connectivity index (χ4v) is 2.28. The summed E-state index contributed by atoms with van der Waals surface area (Å²) >= 11 is 0. The maximum atomic E-state index is 10.6. The van der Waals surface area contributed by atoms with E-state index in [-0.39, 0.29) is 0 Å². The molecule has 1 heterocycles. The molecule has 0 radical (unpaired) electrons. The number of hydrogen-bond acceptors (Lipinski definition) is 2. The second-order valence-corrected chi connectivity index (χ2v) is 3.45. The van der Waals surface area contributed by atoms with Crippen LogP contribution in [0.2, 0.25) is 0 Å². The van der Waals surface area contributed by atoms with Crippen molar-refractivity contribution in [3.63, 3.8) is 0 Å². The second kappa shape index (κ2) is 2.48. The van der Waals surface area contributed by atoms with Crippen LogP contribution in [0.5, 0.6) is 0 Å². The minimum absolute atomic E-state index is 0.312. The van der Waals surface area contributed by atoms with Gasteiger partial charge in [-0.25, -0.2) is 4.79 Å². The molecule has 1 saturated heterocycles. The number of carbonyl (C=O) groups is 1. The van der Waals surface area contributed by atoms with Crippen molar-refractivity contribution in [1.82, 2.24) is 0 Å². The first-order valence-corrected chi connectivity index (χ1v) is 4.13. The minimum Gasteiger partial charge on any atom is -0.479 e. The fraction of sp³-hybridized carbons (Fsp3) is 0.875. The van der Waals surface area contributed by atoms with Gasteiger partial charge in [-0.3, -0.25) is 0 Å². The Morgan fingerprint density at radius 2 is 2.27 bits per heavy atom. The quantitative estimate of drug-likeness (QED) is 0.613. The lowest BCUT2D eigenvalue weighted by Gasteiger charge is -2.10. The highest BCUT2D eigenvalue weighted by atomic mass is 16.5.